The van der Waals surface area contributed by atoms with Crippen LogP contribution in [0.4, 0.5) is 0 Å². The Morgan fingerprint density at radius 1 is 1.20 bits per heavy atom. The first kappa shape index (κ1) is 19.5. The monoisotopic (exact) mass is 358 g/mol. The molecule has 134 valence electrons. The number of ether oxygens (including phenoxy) is 1. The van der Waals surface area contributed by atoms with Gasteiger partial charge in [0.05, 0.1) is 0 Å². The zero-order chi connectivity index (χ0) is 18.1. The van der Waals surface area contributed by atoms with Gasteiger partial charge < -0.3 is 4.74 Å². The van der Waals surface area contributed by atoms with Crippen molar-refractivity contribution in [3.63, 3.8) is 0 Å². The Labute approximate surface area is 154 Å². The van der Waals surface area contributed by atoms with Crippen molar-refractivity contribution in [2.75, 3.05) is 0 Å². The van der Waals surface area contributed by atoms with Gasteiger partial charge in [0, 0.05) is 6.92 Å². The highest BCUT2D eigenvalue weighted by molar-refractivity contribution is 8.15. The second-order valence-electron chi connectivity index (χ2n) is 6.48. The lowest BCUT2D eigenvalue weighted by atomic mass is 9.98. The molecular weight excluding hydrogens is 332 g/mol. The van der Waals surface area contributed by atoms with Gasteiger partial charge >= 0.3 is 5.97 Å². The van der Waals surface area contributed by atoms with Gasteiger partial charge in [0.25, 0.3) is 0 Å². The highest BCUT2D eigenvalue weighted by Crippen LogP contribution is 2.32. The van der Waals surface area contributed by atoms with Gasteiger partial charge in [0.2, 0.25) is 0 Å². The highest BCUT2D eigenvalue weighted by Gasteiger charge is 2.35. The molecule has 4 heteroatoms. The Balaban J connectivity index is 2.15. The second-order valence-corrected chi connectivity index (χ2v) is 8.11. The van der Waals surface area contributed by atoms with Crippen LogP contribution in [0, 0.1) is 0 Å². The van der Waals surface area contributed by atoms with Crippen LogP contribution < -0.4 is 0 Å². The third-order valence-corrected chi connectivity index (χ3v) is 5.10. The van der Waals surface area contributed by atoms with Crippen molar-refractivity contribution >= 4 is 22.8 Å². The third kappa shape index (κ3) is 6.54. The summed E-state index contributed by atoms with van der Waals surface area (Å²) in [6, 6.07) is 9.58. The number of hydrogen-bond donors (Lipinski definition) is 0. The summed E-state index contributed by atoms with van der Waals surface area (Å²) < 4.78 is 4.51. The van der Waals surface area contributed by atoms with Crippen LogP contribution in [0.5, 0.6) is 0 Å². The predicted octanol–water partition coefficient (Wildman–Crippen LogP) is 5.21. The van der Waals surface area contributed by atoms with Gasteiger partial charge in [-0.05, 0) is 38.2 Å². The maximum Gasteiger partial charge on any atom is 0.326 e. The van der Waals surface area contributed by atoms with Gasteiger partial charge in [0.15, 0.2) is 5.12 Å². The van der Waals surface area contributed by atoms with E-state index in [9.17, 15) is 9.59 Å². The molecule has 25 heavy (non-hydrogen) atoms. The smallest absolute Gasteiger partial charge is 0.326 e. The van der Waals surface area contributed by atoms with Crippen molar-refractivity contribution in [3.05, 3.63) is 59.7 Å². The van der Waals surface area contributed by atoms with Crippen LogP contribution in [0.3, 0.4) is 0 Å². The van der Waals surface area contributed by atoms with Crippen molar-refractivity contribution in [3.8, 4) is 0 Å². The molecular formula is C21H26O3S. The summed E-state index contributed by atoms with van der Waals surface area (Å²) in [6.45, 7) is 3.47. The third-order valence-electron chi connectivity index (χ3n) is 4.10. The van der Waals surface area contributed by atoms with Gasteiger partial charge in [-0.15, -0.1) is 0 Å². The van der Waals surface area contributed by atoms with Gasteiger partial charge in [-0.25, -0.2) is 0 Å². The second kappa shape index (κ2) is 9.62. The largest absolute Gasteiger partial charge is 0.460 e. The molecule has 0 bridgehead atoms. The van der Waals surface area contributed by atoms with E-state index >= 15 is 0 Å². The number of hydrogen-bond acceptors (Lipinski definition) is 4. The lowest BCUT2D eigenvalue weighted by Crippen LogP contribution is -2.33. The minimum absolute atomic E-state index is 0.0918. The highest BCUT2D eigenvalue weighted by atomic mass is 32.2. The van der Waals surface area contributed by atoms with E-state index in [0.29, 0.717) is 0 Å². The zero-order valence-electron chi connectivity index (χ0n) is 15.0. The van der Waals surface area contributed by atoms with E-state index in [1.807, 2.05) is 36.4 Å². The molecule has 0 N–H and O–H groups in total. The molecule has 0 heterocycles. The Morgan fingerprint density at radius 2 is 1.96 bits per heavy atom. The molecule has 3 nitrogen and oxygen atoms in total. The molecule has 0 saturated carbocycles. The van der Waals surface area contributed by atoms with E-state index in [4.69, 9.17) is 4.74 Å². The normalized spacial score (nSPS) is 20.2. The summed E-state index contributed by atoms with van der Waals surface area (Å²) in [7, 11) is 0. The first-order valence-corrected chi connectivity index (χ1v) is 9.60. The molecule has 0 aromatic heterocycles. The fourth-order valence-electron chi connectivity index (χ4n) is 2.86. The van der Waals surface area contributed by atoms with Crippen molar-refractivity contribution in [2.24, 2.45) is 0 Å². The molecule has 0 fully saturated rings. The SMILES string of the molecule is CC(=O)S[C@@](C)(/C=C1/C=C\CCCCC1)C(=O)OCc1ccccc1. The fourth-order valence-corrected chi connectivity index (χ4v) is 3.80. The van der Waals surface area contributed by atoms with Crippen molar-refractivity contribution in [2.45, 2.75) is 57.3 Å². The minimum Gasteiger partial charge on any atom is -0.460 e. The minimum atomic E-state index is -1.00. The van der Waals surface area contributed by atoms with Crippen molar-refractivity contribution in [1.82, 2.24) is 0 Å². The van der Waals surface area contributed by atoms with Crippen LogP contribution in [-0.2, 0) is 20.9 Å². The molecule has 1 aromatic carbocycles. The molecule has 0 radical (unpaired) electrons. The van der Waals surface area contributed by atoms with Crippen LogP contribution in [0.15, 0.2) is 54.1 Å². The van der Waals surface area contributed by atoms with Gasteiger partial charge in [-0.2, -0.15) is 0 Å². The first-order valence-electron chi connectivity index (χ1n) is 8.78. The van der Waals surface area contributed by atoms with E-state index in [1.165, 1.54) is 19.8 Å². The van der Waals surface area contributed by atoms with Crippen molar-refractivity contribution in [1.29, 1.82) is 0 Å². The summed E-state index contributed by atoms with van der Waals surface area (Å²) in [5, 5.41) is -0.0918. The lowest BCUT2D eigenvalue weighted by molar-refractivity contribution is -0.146. The average Bonchev–Trinajstić information content (AvgIpc) is 2.55. The van der Waals surface area contributed by atoms with Gasteiger partial charge in [-0.3, -0.25) is 9.59 Å². The van der Waals surface area contributed by atoms with Crippen molar-refractivity contribution < 1.29 is 14.3 Å². The Bertz CT molecular complexity index is 648. The van der Waals surface area contributed by atoms with Gasteiger partial charge in [0.1, 0.15) is 11.4 Å². The Hall–Kier alpha value is -1.81. The number of rotatable bonds is 5. The maximum absolute atomic E-state index is 12.7. The number of thioether (sulfide) groups is 1. The summed E-state index contributed by atoms with van der Waals surface area (Å²) in [5.41, 5.74) is 2.04. The quantitative estimate of drug-likeness (QED) is 0.677. The molecule has 0 spiro atoms. The Morgan fingerprint density at radius 3 is 2.68 bits per heavy atom. The van der Waals surface area contributed by atoms with E-state index in [-0.39, 0.29) is 17.7 Å². The van der Waals surface area contributed by atoms with Crippen LogP contribution in [-0.4, -0.2) is 15.8 Å². The summed E-state index contributed by atoms with van der Waals surface area (Å²) in [4.78, 5) is 24.4. The van der Waals surface area contributed by atoms with Crippen LogP contribution >= 0.6 is 11.8 Å². The molecule has 1 atom stereocenters. The molecule has 0 saturated heterocycles. The number of allylic oxidation sites excluding steroid dienone is 3. The predicted molar refractivity (Wildman–Crippen MR) is 103 cm³/mol. The fraction of sp³-hybridized carbons (Fsp3) is 0.429. The molecule has 0 amide bonds. The lowest BCUT2D eigenvalue weighted by Gasteiger charge is -2.23. The number of carbonyl (C=O) groups excluding carboxylic acids is 2. The molecule has 0 unspecified atom stereocenters. The van der Waals surface area contributed by atoms with E-state index in [2.05, 4.69) is 12.2 Å². The zero-order valence-corrected chi connectivity index (χ0v) is 15.8. The summed E-state index contributed by atoms with van der Waals surface area (Å²) in [6.07, 6.45) is 11.6. The molecule has 2 rings (SSSR count). The number of esters is 1. The molecule has 0 aliphatic heterocycles. The van der Waals surface area contributed by atoms with E-state index in [1.54, 1.807) is 6.92 Å². The topological polar surface area (TPSA) is 43.4 Å². The van der Waals surface area contributed by atoms with Crippen LogP contribution in [0.2, 0.25) is 0 Å². The maximum atomic E-state index is 12.7. The van der Waals surface area contributed by atoms with E-state index in [0.717, 1.165) is 42.2 Å². The number of benzene rings is 1. The number of carbonyl (C=O) groups is 2. The van der Waals surface area contributed by atoms with Gasteiger partial charge in [-0.1, -0.05) is 72.3 Å². The average molecular weight is 359 g/mol. The summed E-state index contributed by atoms with van der Waals surface area (Å²) in [5.74, 6) is -0.375. The first-order chi connectivity index (χ1) is 12.0. The molecule has 1 aromatic rings. The Kier molecular flexibility index (Phi) is 7.51. The molecule has 1 aliphatic carbocycles. The van der Waals surface area contributed by atoms with E-state index < -0.39 is 4.75 Å². The van der Waals surface area contributed by atoms with Crippen LogP contribution in [0.1, 0.15) is 51.5 Å². The standard InChI is InChI=1S/C21H26O3S/c1-17(22)25-21(2,15-18-11-7-4-3-5-8-12-18)20(23)24-16-19-13-9-6-10-14-19/h6-7,9-11,13-15H,3-5,8,12,16H2,1-2H3/b11-7-,18-15-/t21-/m0/s1. The summed E-state index contributed by atoms with van der Waals surface area (Å²) >= 11 is 1.03. The molecule has 1 aliphatic rings. The van der Waals surface area contributed by atoms with Crippen LogP contribution in [0.25, 0.3) is 0 Å².